The van der Waals surface area contributed by atoms with E-state index in [0.29, 0.717) is 6.54 Å². The fraction of sp³-hybridized carbons (Fsp3) is 0.455. The summed E-state index contributed by atoms with van der Waals surface area (Å²) in [6.45, 7) is 2.79. The first kappa shape index (κ1) is 12.0. The minimum Gasteiger partial charge on any atom is -0.399 e. The zero-order valence-corrected chi connectivity index (χ0v) is 8.98. The van der Waals surface area contributed by atoms with Crippen molar-refractivity contribution in [2.75, 3.05) is 18.8 Å². The highest BCUT2D eigenvalue weighted by Crippen LogP contribution is 2.14. The topological polar surface area (TPSA) is 84.3 Å². The summed E-state index contributed by atoms with van der Waals surface area (Å²) < 4.78 is 0. The maximum atomic E-state index is 9.30. The van der Waals surface area contributed by atoms with E-state index < -0.39 is 6.10 Å². The standard InChI is InChI=1S/C11H19N3O/c1-8(14-7-11(15)6-12)9-3-2-4-10(13)5-9/h2-5,8,11,14-15H,6-7,12-13H2,1H3. The van der Waals surface area contributed by atoms with Gasteiger partial charge in [0.1, 0.15) is 0 Å². The van der Waals surface area contributed by atoms with Gasteiger partial charge in [-0.05, 0) is 24.6 Å². The number of nitrogen functional groups attached to an aromatic ring is 1. The largest absolute Gasteiger partial charge is 0.399 e. The lowest BCUT2D eigenvalue weighted by Crippen LogP contribution is -2.33. The lowest BCUT2D eigenvalue weighted by atomic mass is 10.1. The van der Waals surface area contributed by atoms with Gasteiger partial charge in [-0.1, -0.05) is 12.1 Å². The van der Waals surface area contributed by atoms with E-state index in [0.717, 1.165) is 11.3 Å². The van der Waals surface area contributed by atoms with E-state index in [-0.39, 0.29) is 12.6 Å². The molecular formula is C11H19N3O. The summed E-state index contributed by atoms with van der Waals surface area (Å²) in [4.78, 5) is 0. The van der Waals surface area contributed by atoms with Gasteiger partial charge in [0, 0.05) is 24.8 Å². The van der Waals surface area contributed by atoms with E-state index in [1.165, 1.54) is 0 Å². The third-order valence-electron chi connectivity index (χ3n) is 2.34. The molecule has 1 rings (SSSR count). The van der Waals surface area contributed by atoms with Crippen LogP contribution in [0.1, 0.15) is 18.5 Å². The van der Waals surface area contributed by atoms with Crippen LogP contribution in [-0.4, -0.2) is 24.3 Å². The Morgan fingerprint density at radius 2 is 2.20 bits per heavy atom. The second kappa shape index (κ2) is 5.70. The molecule has 1 aromatic carbocycles. The maximum absolute atomic E-state index is 9.30. The van der Waals surface area contributed by atoms with Crippen LogP contribution < -0.4 is 16.8 Å². The zero-order chi connectivity index (χ0) is 11.3. The number of nitrogens with one attached hydrogen (secondary N) is 1. The van der Waals surface area contributed by atoms with E-state index in [9.17, 15) is 5.11 Å². The molecule has 2 unspecified atom stereocenters. The van der Waals surface area contributed by atoms with Gasteiger partial charge in [0.05, 0.1) is 6.10 Å². The van der Waals surface area contributed by atoms with Crippen LogP contribution in [0.3, 0.4) is 0 Å². The molecule has 6 N–H and O–H groups in total. The van der Waals surface area contributed by atoms with Gasteiger partial charge in [-0.15, -0.1) is 0 Å². The molecule has 0 aliphatic rings. The molecule has 2 atom stereocenters. The number of anilines is 1. The monoisotopic (exact) mass is 209 g/mol. The third kappa shape index (κ3) is 3.87. The van der Waals surface area contributed by atoms with E-state index in [2.05, 4.69) is 5.32 Å². The lowest BCUT2D eigenvalue weighted by molar-refractivity contribution is 0.176. The van der Waals surface area contributed by atoms with Crippen molar-refractivity contribution in [3.8, 4) is 0 Å². The Hall–Kier alpha value is -1.10. The molecule has 0 bridgehead atoms. The first-order chi connectivity index (χ1) is 7.13. The highest BCUT2D eigenvalue weighted by atomic mass is 16.3. The average Bonchev–Trinajstić information content (AvgIpc) is 2.25. The van der Waals surface area contributed by atoms with Crippen LogP contribution in [0.25, 0.3) is 0 Å². The van der Waals surface area contributed by atoms with Gasteiger partial charge in [-0.3, -0.25) is 0 Å². The molecule has 0 radical (unpaired) electrons. The molecule has 1 aromatic rings. The summed E-state index contributed by atoms with van der Waals surface area (Å²) >= 11 is 0. The van der Waals surface area contributed by atoms with Crippen LogP contribution in [0.4, 0.5) is 5.69 Å². The fourth-order valence-electron chi connectivity index (χ4n) is 1.34. The summed E-state index contributed by atoms with van der Waals surface area (Å²) in [6.07, 6.45) is -0.492. The number of rotatable bonds is 5. The van der Waals surface area contributed by atoms with Crippen molar-refractivity contribution in [3.63, 3.8) is 0 Å². The van der Waals surface area contributed by atoms with Crippen molar-refractivity contribution in [1.29, 1.82) is 0 Å². The van der Waals surface area contributed by atoms with Crippen molar-refractivity contribution < 1.29 is 5.11 Å². The van der Waals surface area contributed by atoms with Crippen molar-refractivity contribution in [1.82, 2.24) is 5.32 Å². The molecule has 0 aromatic heterocycles. The summed E-state index contributed by atoms with van der Waals surface area (Å²) in [5.41, 5.74) is 12.9. The Morgan fingerprint density at radius 1 is 1.47 bits per heavy atom. The molecule has 0 fully saturated rings. The smallest absolute Gasteiger partial charge is 0.0786 e. The highest BCUT2D eigenvalue weighted by Gasteiger charge is 2.07. The van der Waals surface area contributed by atoms with Crippen molar-refractivity contribution in [2.45, 2.75) is 19.1 Å². The first-order valence-electron chi connectivity index (χ1n) is 5.10. The van der Waals surface area contributed by atoms with Crippen LogP contribution in [0.15, 0.2) is 24.3 Å². The molecule has 0 aliphatic carbocycles. The molecule has 15 heavy (non-hydrogen) atoms. The number of hydrogen-bond donors (Lipinski definition) is 4. The maximum Gasteiger partial charge on any atom is 0.0786 e. The number of aliphatic hydroxyl groups excluding tert-OH is 1. The van der Waals surface area contributed by atoms with Crippen LogP contribution in [0.5, 0.6) is 0 Å². The van der Waals surface area contributed by atoms with E-state index in [4.69, 9.17) is 11.5 Å². The third-order valence-corrected chi connectivity index (χ3v) is 2.34. The predicted octanol–water partition coefficient (Wildman–Crippen LogP) is 0.239. The van der Waals surface area contributed by atoms with Gasteiger partial charge in [-0.2, -0.15) is 0 Å². The van der Waals surface area contributed by atoms with Gasteiger partial charge < -0.3 is 21.9 Å². The quantitative estimate of drug-likeness (QED) is 0.523. The molecule has 4 heteroatoms. The molecule has 0 spiro atoms. The predicted molar refractivity (Wildman–Crippen MR) is 62.3 cm³/mol. The number of benzene rings is 1. The van der Waals surface area contributed by atoms with E-state index in [1.54, 1.807) is 0 Å². The SMILES string of the molecule is CC(NCC(O)CN)c1cccc(N)c1. The van der Waals surface area contributed by atoms with Crippen LogP contribution in [-0.2, 0) is 0 Å². The molecule has 0 saturated heterocycles. The Balaban J connectivity index is 2.50. The fourth-order valence-corrected chi connectivity index (χ4v) is 1.34. The molecule has 0 heterocycles. The molecule has 84 valence electrons. The number of aliphatic hydroxyl groups is 1. The van der Waals surface area contributed by atoms with E-state index in [1.807, 2.05) is 31.2 Å². The Bertz CT molecular complexity index is 304. The van der Waals surface area contributed by atoms with Gasteiger partial charge in [-0.25, -0.2) is 0 Å². The number of nitrogens with two attached hydrogens (primary N) is 2. The van der Waals surface area contributed by atoms with Gasteiger partial charge >= 0.3 is 0 Å². The molecule has 0 aliphatic heterocycles. The molecule has 0 amide bonds. The van der Waals surface area contributed by atoms with Crippen molar-refractivity contribution in [3.05, 3.63) is 29.8 Å². The summed E-state index contributed by atoms with van der Waals surface area (Å²) in [7, 11) is 0. The summed E-state index contributed by atoms with van der Waals surface area (Å²) in [5.74, 6) is 0. The Labute approximate surface area is 90.3 Å². The van der Waals surface area contributed by atoms with Gasteiger partial charge in [0.25, 0.3) is 0 Å². The lowest BCUT2D eigenvalue weighted by Gasteiger charge is -2.16. The Kier molecular flexibility index (Phi) is 4.55. The van der Waals surface area contributed by atoms with Crippen molar-refractivity contribution >= 4 is 5.69 Å². The Morgan fingerprint density at radius 3 is 2.80 bits per heavy atom. The van der Waals surface area contributed by atoms with Gasteiger partial charge in [0.15, 0.2) is 0 Å². The minimum atomic E-state index is -0.492. The minimum absolute atomic E-state index is 0.162. The first-order valence-corrected chi connectivity index (χ1v) is 5.10. The van der Waals surface area contributed by atoms with Crippen molar-refractivity contribution in [2.24, 2.45) is 5.73 Å². The van der Waals surface area contributed by atoms with E-state index >= 15 is 0 Å². The highest BCUT2D eigenvalue weighted by molar-refractivity contribution is 5.41. The molecule has 4 nitrogen and oxygen atoms in total. The average molecular weight is 209 g/mol. The second-order valence-corrected chi connectivity index (χ2v) is 3.69. The second-order valence-electron chi connectivity index (χ2n) is 3.69. The van der Waals surface area contributed by atoms with Crippen LogP contribution >= 0.6 is 0 Å². The van der Waals surface area contributed by atoms with Crippen LogP contribution in [0.2, 0.25) is 0 Å². The zero-order valence-electron chi connectivity index (χ0n) is 8.98. The summed E-state index contributed by atoms with van der Waals surface area (Å²) in [6, 6.07) is 7.86. The van der Waals surface area contributed by atoms with Gasteiger partial charge in [0.2, 0.25) is 0 Å². The van der Waals surface area contributed by atoms with Crippen LogP contribution in [0, 0.1) is 0 Å². The molecular weight excluding hydrogens is 190 g/mol. The normalized spacial score (nSPS) is 14.9. The molecule has 0 saturated carbocycles. The number of hydrogen-bond acceptors (Lipinski definition) is 4. The summed E-state index contributed by atoms with van der Waals surface area (Å²) in [5, 5.41) is 12.5.